The van der Waals surface area contributed by atoms with Gasteiger partial charge in [-0.3, -0.25) is 0 Å². The quantitative estimate of drug-likeness (QED) is 0.885. The number of anilines is 1. The van der Waals surface area contributed by atoms with Crippen molar-refractivity contribution in [2.45, 2.75) is 64.7 Å². The Morgan fingerprint density at radius 2 is 1.95 bits per heavy atom. The van der Waals surface area contributed by atoms with Crippen LogP contribution in [-0.4, -0.2) is 16.5 Å². The van der Waals surface area contributed by atoms with Crippen molar-refractivity contribution in [2.24, 2.45) is 5.41 Å². The van der Waals surface area contributed by atoms with Gasteiger partial charge < -0.3 is 5.32 Å². The first-order valence-electron chi connectivity index (χ1n) is 7.73. The Hall–Kier alpha value is -1.12. The van der Waals surface area contributed by atoms with E-state index < -0.39 is 0 Å². The van der Waals surface area contributed by atoms with Crippen molar-refractivity contribution in [1.29, 1.82) is 0 Å². The van der Waals surface area contributed by atoms with Crippen molar-refractivity contribution in [3.8, 4) is 0 Å². The summed E-state index contributed by atoms with van der Waals surface area (Å²) in [4.78, 5) is 9.63. The van der Waals surface area contributed by atoms with Crippen LogP contribution in [0.3, 0.4) is 0 Å². The molecule has 1 aromatic heterocycles. The molecule has 2 saturated carbocycles. The van der Waals surface area contributed by atoms with Gasteiger partial charge in [-0.05, 0) is 31.6 Å². The maximum atomic E-state index is 4.90. The molecule has 104 valence electrons. The van der Waals surface area contributed by atoms with Gasteiger partial charge in [0.05, 0.1) is 0 Å². The third-order valence-corrected chi connectivity index (χ3v) is 4.72. The maximum absolute atomic E-state index is 4.90. The van der Waals surface area contributed by atoms with Crippen LogP contribution in [0.25, 0.3) is 0 Å². The van der Waals surface area contributed by atoms with E-state index in [1.165, 1.54) is 37.8 Å². The molecule has 3 heteroatoms. The minimum atomic E-state index is 0.401. The summed E-state index contributed by atoms with van der Waals surface area (Å²) in [7, 11) is 0. The minimum Gasteiger partial charge on any atom is -0.370 e. The predicted octanol–water partition coefficient (Wildman–Crippen LogP) is 4.08. The second-order valence-electron chi connectivity index (χ2n) is 6.79. The minimum absolute atomic E-state index is 0.401. The highest BCUT2D eigenvalue weighted by Crippen LogP contribution is 2.57. The molecule has 0 bridgehead atoms. The molecule has 0 aliphatic heterocycles. The average molecular weight is 259 g/mol. The van der Waals surface area contributed by atoms with Crippen LogP contribution < -0.4 is 5.32 Å². The van der Waals surface area contributed by atoms with Gasteiger partial charge in [-0.25, -0.2) is 9.97 Å². The van der Waals surface area contributed by atoms with Gasteiger partial charge in [0.15, 0.2) is 0 Å². The molecule has 0 radical (unpaired) electrons. The molecular formula is C16H25N3. The van der Waals surface area contributed by atoms with E-state index in [4.69, 9.17) is 9.97 Å². The number of hydrogen-bond acceptors (Lipinski definition) is 3. The van der Waals surface area contributed by atoms with Crippen LogP contribution in [0.4, 0.5) is 5.82 Å². The number of aromatic nitrogens is 2. The van der Waals surface area contributed by atoms with Gasteiger partial charge in [0.1, 0.15) is 11.6 Å². The zero-order valence-electron chi connectivity index (χ0n) is 12.4. The summed E-state index contributed by atoms with van der Waals surface area (Å²) in [6.07, 6.45) is 6.55. The van der Waals surface area contributed by atoms with Crippen LogP contribution in [0.5, 0.6) is 0 Å². The van der Waals surface area contributed by atoms with E-state index >= 15 is 0 Å². The molecule has 1 aromatic rings. The topological polar surface area (TPSA) is 37.8 Å². The Morgan fingerprint density at radius 1 is 1.26 bits per heavy atom. The first-order chi connectivity index (χ1) is 9.10. The van der Waals surface area contributed by atoms with Crippen molar-refractivity contribution < 1.29 is 0 Å². The standard InChI is InChI=1S/C16H25N3/c1-4-17-14-9-13(11-7-5-6-8-11)18-15(19-14)12-10-16(12,2)3/h9,11-12H,4-8,10H2,1-3H3,(H,17,18,19). The van der Waals surface area contributed by atoms with Crippen molar-refractivity contribution >= 4 is 5.82 Å². The second kappa shape index (κ2) is 4.77. The van der Waals surface area contributed by atoms with Crippen LogP contribution in [-0.2, 0) is 0 Å². The monoisotopic (exact) mass is 259 g/mol. The highest BCUT2D eigenvalue weighted by Gasteiger charge is 2.48. The third kappa shape index (κ3) is 2.60. The molecule has 1 heterocycles. The molecule has 0 spiro atoms. The van der Waals surface area contributed by atoms with Crippen molar-refractivity contribution in [2.75, 3.05) is 11.9 Å². The van der Waals surface area contributed by atoms with Gasteiger partial charge in [-0.1, -0.05) is 26.7 Å². The molecule has 3 rings (SSSR count). The molecular weight excluding hydrogens is 234 g/mol. The fourth-order valence-corrected chi connectivity index (χ4v) is 3.25. The zero-order valence-corrected chi connectivity index (χ0v) is 12.4. The van der Waals surface area contributed by atoms with Crippen molar-refractivity contribution in [1.82, 2.24) is 9.97 Å². The first kappa shape index (κ1) is 12.9. The van der Waals surface area contributed by atoms with Gasteiger partial charge >= 0.3 is 0 Å². The lowest BCUT2D eigenvalue weighted by Gasteiger charge is -2.13. The number of rotatable bonds is 4. The summed E-state index contributed by atoms with van der Waals surface area (Å²) in [5.41, 5.74) is 1.68. The second-order valence-corrected chi connectivity index (χ2v) is 6.79. The summed E-state index contributed by atoms with van der Waals surface area (Å²) in [5, 5.41) is 3.37. The summed E-state index contributed by atoms with van der Waals surface area (Å²) < 4.78 is 0. The molecule has 3 nitrogen and oxygen atoms in total. The van der Waals surface area contributed by atoms with Gasteiger partial charge in [-0.15, -0.1) is 0 Å². The van der Waals surface area contributed by atoms with Crippen molar-refractivity contribution in [3.05, 3.63) is 17.6 Å². The number of nitrogens with zero attached hydrogens (tertiary/aromatic N) is 2. The average Bonchev–Trinajstić information content (AvgIpc) is 2.81. The van der Waals surface area contributed by atoms with E-state index in [1.807, 2.05) is 0 Å². The molecule has 0 amide bonds. The van der Waals surface area contributed by atoms with Gasteiger partial charge in [0, 0.05) is 30.1 Å². The van der Waals surface area contributed by atoms with Crippen LogP contribution in [0.1, 0.15) is 76.2 Å². The lowest BCUT2D eigenvalue weighted by atomic mass is 10.0. The van der Waals surface area contributed by atoms with Crippen LogP contribution in [0.2, 0.25) is 0 Å². The summed E-state index contributed by atoms with van der Waals surface area (Å²) in [5.74, 6) is 3.33. The third-order valence-electron chi connectivity index (χ3n) is 4.72. The smallest absolute Gasteiger partial charge is 0.134 e. The number of hydrogen-bond donors (Lipinski definition) is 1. The molecule has 2 aliphatic carbocycles. The molecule has 1 unspecified atom stereocenters. The Bertz CT molecular complexity index is 438. The Labute approximate surface area is 116 Å². The van der Waals surface area contributed by atoms with E-state index in [2.05, 4.69) is 32.2 Å². The molecule has 1 N–H and O–H groups in total. The van der Waals surface area contributed by atoms with Crippen LogP contribution in [0, 0.1) is 5.41 Å². The van der Waals surface area contributed by atoms with Gasteiger partial charge in [0.2, 0.25) is 0 Å². The Kier molecular flexibility index (Phi) is 3.23. The van der Waals surface area contributed by atoms with E-state index in [1.54, 1.807) is 0 Å². The SMILES string of the molecule is CCNc1cc(C2CCCC2)nc(C2CC2(C)C)n1. The molecule has 19 heavy (non-hydrogen) atoms. The highest BCUT2D eigenvalue weighted by molar-refractivity contribution is 5.38. The highest BCUT2D eigenvalue weighted by atomic mass is 15.0. The van der Waals surface area contributed by atoms with E-state index in [0.717, 1.165) is 18.2 Å². The lowest BCUT2D eigenvalue weighted by Crippen LogP contribution is -2.08. The van der Waals surface area contributed by atoms with Gasteiger partial charge in [0.25, 0.3) is 0 Å². The molecule has 0 saturated heterocycles. The fourth-order valence-electron chi connectivity index (χ4n) is 3.25. The summed E-state index contributed by atoms with van der Waals surface area (Å²) >= 11 is 0. The van der Waals surface area contributed by atoms with Crippen LogP contribution in [0.15, 0.2) is 6.07 Å². The van der Waals surface area contributed by atoms with E-state index in [9.17, 15) is 0 Å². The molecule has 0 aromatic carbocycles. The summed E-state index contributed by atoms with van der Waals surface area (Å²) in [6.45, 7) is 7.68. The number of nitrogens with one attached hydrogen (secondary N) is 1. The molecule has 2 fully saturated rings. The first-order valence-corrected chi connectivity index (χ1v) is 7.73. The normalized spacial score (nSPS) is 25.5. The Morgan fingerprint density at radius 3 is 2.53 bits per heavy atom. The molecule has 1 atom stereocenters. The lowest BCUT2D eigenvalue weighted by molar-refractivity contribution is 0.601. The van der Waals surface area contributed by atoms with Crippen LogP contribution >= 0.6 is 0 Å². The predicted molar refractivity (Wildman–Crippen MR) is 78.5 cm³/mol. The largest absolute Gasteiger partial charge is 0.370 e. The van der Waals surface area contributed by atoms with Crippen molar-refractivity contribution in [3.63, 3.8) is 0 Å². The van der Waals surface area contributed by atoms with E-state index in [0.29, 0.717) is 17.3 Å². The zero-order chi connectivity index (χ0) is 13.5. The van der Waals surface area contributed by atoms with Gasteiger partial charge in [-0.2, -0.15) is 0 Å². The maximum Gasteiger partial charge on any atom is 0.134 e. The fraction of sp³-hybridized carbons (Fsp3) is 0.750. The molecule has 2 aliphatic rings. The van der Waals surface area contributed by atoms with E-state index in [-0.39, 0.29) is 0 Å². The summed E-state index contributed by atoms with van der Waals surface area (Å²) in [6, 6.07) is 2.18. The Balaban J connectivity index is 1.90.